The molecule has 0 radical (unpaired) electrons. The highest BCUT2D eigenvalue weighted by atomic mass is 16.5. The number of nitrogens with one attached hydrogen (secondary N) is 1. The number of ether oxygens (including phenoxy) is 1. The van der Waals surface area contributed by atoms with E-state index < -0.39 is 23.3 Å². The van der Waals surface area contributed by atoms with Gasteiger partial charge >= 0.3 is 5.97 Å². The molecule has 27 heavy (non-hydrogen) atoms. The van der Waals surface area contributed by atoms with Gasteiger partial charge in [0.25, 0.3) is 17.7 Å². The van der Waals surface area contributed by atoms with E-state index in [1.165, 1.54) is 30.2 Å². The number of carbonyl (C=O) groups is 4. The highest BCUT2D eigenvalue weighted by Crippen LogP contribution is 2.25. The number of methoxy groups -OCH3 is 1. The third-order valence-corrected chi connectivity index (χ3v) is 4.39. The Balaban J connectivity index is 2.23. The zero-order valence-corrected chi connectivity index (χ0v) is 15.7. The largest absolute Gasteiger partial charge is 0.481 e. The van der Waals surface area contributed by atoms with Crippen molar-refractivity contribution in [1.82, 2.24) is 10.2 Å². The minimum absolute atomic E-state index is 0.0121. The number of imide groups is 1. The predicted octanol–water partition coefficient (Wildman–Crippen LogP) is 1.69. The number of carboxylic acids is 1. The summed E-state index contributed by atoms with van der Waals surface area (Å²) in [4.78, 5) is 49.7. The standard InChI is InChI=1S/C19H24N2O6/c1-4-5-8-21-17(25)13-7-6-12(9-14(13)18(21)26)16(24)20-19(2,11-27-3)10-15(22)23/h6-7,9H,4-5,8,10-11H2,1-3H3,(H,20,24)(H,22,23). The van der Waals surface area contributed by atoms with Crippen LogP contribution in [0.2, 0.25) is 0 Å². The average Bonchev–Trinajstić information content (AvgIpc) is 2.82. The number of hydrogen-bond acceptors (Lipinski definition) is 5. The van der Waals surface area contributed by atoms with Gasteiger partial charge in [-0.15, -0.1) is 0 Å². The molecule has 146 valence electrons. The molecule has 1 aromatic carbocycles. The van der Waals surface area contributed by atoms with Crippen LogP contribution in [0.25, 0.3) is 0 Å². The number of unbranched alkanes of at least 4 members (excludes halogenated alkanes) is 1. The summed E-state index contributed by atoms with van der Waals surface area (Å²) in [6, 6.07) is 4.29. The molecule has 0 saturated carbocycles. The van der Waals surface area contributed by atoms with Crippen LogP contribution in [-0.2, 0) is 9.53 Å². The number of aliphatic carboxylic acids is 1. The third-order valence-electron chi connectivity index (χ3n) is 4.39. The van der Waals surface area contributed by atoms with E-state index in [0.29, 0.717) is 13.0 Å². The molecular formula is C19H24N2O6. The zero-order valence-electron chi connectivity index (χ0n) is 15.7. The fourth-order valence-electron chi connectivity index (χ4n) is 3.08. The number of nitrogens with zero attached hydrogens (tertiary/aromatic N) is 1. The van der Waals surface area contributed by atoms with Crippen LogP contribution in [0, 0.1) is 0 Å². The van der Waals surface area contributed by atoms with Gasteiger partial charge in [-0.2, -0.15) is 0 Å². The van der Waals surface area contributed by atoms with Crippen LogP contribution in [0.3, 0.4) is 0 Å². The molecule has 1 aromatic rings. The molecule has 1 aliphatic rings. The molecule has 1 atom stereocenters. The maximum atomic E-state index is 12.6. The topological polar surface area (TPSA) is 113 Å². The molecule has 2 N–H and O–H groups in total. The molecule has 0 aromatic heterocycles. The minimum Gasteiger partial charge on any atom is -0.481 e. The predicted molar refractivity (Wildman–Crippen MR) is 96.7 cm³/mol. The van der Waals surface area contributed by atoms with Crippen LogP contribution in [0.15, 0.2) is 18.2 Å². The molecule has 0 bridgehead atoms. The number of benzene rings is 1. The van der Waals surface area contributed by atoms with Crippen molar-refractivity contribution in [2.45, 2.75) is 38.6 Å². The van der Waals surface area contributed by atoms with Gasteiger partial charge in [0, 0.05) is 19.2 Å². The Labute approximate surface area is 157 Å². The van der Waals surface area contributed by atoms with E-state index in [0.717, 1.165) is 6.42 Å². The van der Waals surface area contributed by atoms with Crippen LogP contribution >= 0.6 is 0 Å². The van der Waals surface area contributed by atoms with Gasteiger partial charge in [-0.3, -0.25) is 24.1 Å². The average molecular weight is 376 g/mol. The van der Waals surface area contributed by atoms with Crippen LogP contribution in [0.5, 0.6) is 0 Å². The summed E-state index contributed by atoms with van der Waals surface area (Å²) in [5.41, 5.74) is -0.461. The fraction of sp³-hybridized carbons (Fsp3) is 0.474. The Bertz CT molecular complexity index is 775. The molecule has 2 rings (SSSR count). The summed E-state index contributed by atoms with van der Waals surface area (Å²) >= 11 is 0. The minimum atomic E-state index is -1.11. The maximum absolute atomic E-state index is 12.6. The number of rotatable bonds is 9. The first kappa shape index (κ1) is 20.6. The van der Waals surface area contributed by atoms with Crippen molar-refractivity contribution >= 4 is 23.7 Å². The lowest BCUT2D eigenvalue weighted by Gasteiger charge is -2.28. The zero-order chi connectivity index (χ0) is 20.2. The molecule has 0 fully saturated rings. The number of amides is 3. The van der Waals surface area contributed by atoms with Gasteiger partial charge < -0.3 is 15.2 Å². The highest BCUT2D eigenvalue weighted by molar-refractivity contribution is 6.22. The lowest BCUT2D eigenvalue weighted by molar-refractivity contribution is -0.139. The second kappa shape index (κ2) is 8.30. The normalized spacial score (nSPS) is 15.4. The van der Waals surface area contributed by atoms with E-state index >= 15 is 0 Å². The van der Waals surface area contributed by atoms with Gasteiger partial charge in [0.05, 0.1) is 29.7 Å². The van der Waals surface area contributed by atoms with Crippen LogP contribution in [0.4, 0.5) is 0 Å². The molecule has 1 aliphatic heterocycles. The molecule has 8 nitrogen and oxygen atoms in total. The second-order valence-corrected chi connectivity index (χ2v) is 6.89. The highest BCUT2D eigenvalue weighted by Gasteiger charge is 2.36. The van der Waals surface area contributed by atoms with Crippen molar-refractivity contribution in [2.24, 2.45) is 0 Å². The maximum Gasteiger partial charge on any atom is 0.305 e. The number of fused-ring (bicyclic) bond motifs is 1. The Hall–Kier alpha value is -2.74. The Morgan fingerprint density at radius 1 is 1.22 bits per heavy atom. The van der Waals surface area contributed by atoms with Crippen molar-refractivity contribution < 1.29 is 29.0 Å². The van der Waals surface area contributed by atoms with Gasteiger partial charge in [-0.25, -0.2) is 0 Å². The van der Waals surface area contributed by atoms with E-state index in [1.807, 2.05) is 6.92 Å². The van der Waals surface area contributed by atoms with Crippen molar-refractivity contribution in [3.63, 3.8) is 0 Å². The molecule has 8 heteroatoms. The lowest BCUT2D eigenvalue weighted by atomic mass is 9.97. The second-order valence-electron chi connectivity index (χ2n) is 6.89. The van der Waals surface area contributed by atoms with Crippen molar-refractivity contribution in [3.8, 4) is 0 Å². The molecule has 0 aliphatic carbocycles. The summed E-state index contributed by atoms with van der Waals surface area (Å²) in [7, 11) is 1.41. The Morgan fingerprint density at radius 2 is 1.89 bits per heavy atom. The van der Waals surface area contributed by atoms with Gasteiger partial charge in [-0.05, 0) is 31.5 Å². The van der Waals surface area contributed by atoms with Crippen molar-refractivity contribution in [3.05, 3.63) is 34.9 Å². The summed E-state index contributed by atoms with van der Waals surface area (Å²) in [5.74, 6) is -2.38. The first-order chi connectivity index (χ1) is 12.7. The molecule has 1 unspecified atom stereocenters. The van der Waals surface area contributed by atoms with Crippen LogP contribution in [0.1, 0.15) is 64.2 Å². The van der Waals surface area contributed by atoms with E-state index in [4.69, 9.17) is 9.84 Å². The van der Waals surface area contributed by atoms with Crippen LogP contribution < -0.4 is 5.32 Å². The third kappa shape index (κ3) is 4.51. The van der Waals surface area contributed by atoms with E-state index in [2.05, 4.69) is 5.32 Å². The van der Waals surface area contributed by atoms with Gasteiger partial charge in [-0.1, -0.05) is 13.3 Å². The smallest absolute Gasteiger partial charge is 0.305 e. The first-order valence-corrected chi connectivity index (χ1v) is 8.76. The van der Waals surface area contributed by atoms with E-state index in [-0.39, 0.29) is 35.6 Å². The quantitative estimate of drug-likeness (QED) is 0.634. The SMILES string of the molecule is CCCCN1C(=O)c2ccc(C(=O)NC(C)(COC)CC(=O)O)cc2C1=O. The van der Waals surface area contributed by atoms with Crippen molar-refractivity contribution in [2.75, 3.05) is 20.3 Å². The van der Waals surface area contributed by atoms with Crippen molar-refractivity contribution in [1.29, 1.82) is 0 Å². The molecular weight excluding hydrogens is 352 g/mol. The molecule has 3 amide bonds. The number of carbonyl (C=O) groups excluding carboxylic acids is 3. The van der Waals surface area contributed by atoms with E-state index in [1.54, 1.807) is 6.92 Å². The summed E-state index contributed by atoms with van der Waals surface area (Å²) in [6.07, 6.45) is 1.24. The first-order valence-electron chi connectivity index (χ1n) is 8.76. The number of hydrogen-bond donors (Lipinski definition) is 2. The number of carboxylic acid groups (broad SMARTS) is 1. The van der Waals surface area contributed by atoms with Gasteiger partial charge in [0.2, 0.25) is 0 Å². The molecule has 0 saturated heterocycles. The summed E-state index contributed by atoms with van der Waals surface area (Å²) in [5, 5.41) is 11.7. The van der Waals surface area contributed by atoms with E-state index in [9.17, 15) is 19.2 Å². The molecule has 1 heterocycles. The lowest BCUT2D eigenvalue weighted by Crippen LogP contribution is -2.50. The van der Waals surface area contributed by atoms with Crippen LogP contribution in [-0.4, -0.2) is 59.5 Å². The van der Waals surface area contributed by atoms with Gasteiger partial charge in [0.1, 0.15) is 0 Å². The Kier molecular flexibility index (Phi) is 6.32. The Morgan fingerprint density at radius 3 is 2.48 bits per heavy atom. The summed E-state index contributed by atoms with van der Waals surface area (Å²) in [6.45, 7) is 3.89. The molecule has 0 spiro atoms. The monoisotopic (exact) mass is 376 g/mol. The summed E-state index contributed by atoms with van der Waals surface area (Å²) < 4.78 is 5.02. The fourth-order valence-corrected chi connectivity index (χ4v) is 3.08. The van der Waals surface area contributed by atoms with Gasteiger partial charge in [0.15, 0.2) is 0 Å².